The smallest absolute Gasteiger partial charge is 0.338 e. The third-order valence-corrected chi connectivity index (χ3v) is 6.84. The van der Waals surface area contributed by atoms with Crippen molar-refractivity contribution in [2.24, 2.45) is 4.99 Å². The Hall–Kier alpha value is -3.91. The van der Waals surface area contributed by atoms with E-state index in [4.69, 9.17) is 9.47 Å². The van der Waals surface area contributed by atoms with Crippen LogP contribution in [0.25, 0.3) is 17.0 Å². The second-order valence-corrected chi connectivity index (χ2v) is 8.87. The first-order valence-corrected chi connectivity index (χ1v) is 11.7. The quantitative estimate of drug-likeness (QED) is 0.451. The summed E-state index contributed by atoms with van der Waals surface area (Å²) in [4.78, 5) is 35.0. The van der Waals surface area contributed by atoms with Gasteiger partial charge in [0.15, 0.2) is 4.80 Å². The van der Waals surface area contributed by atoms with Gasteiger partial charge >= 0.3 is 5.97 Å². The fraction of sp³-hybridized carbons (Fsp3) is 0.192. The molecule has 7 nitrogen and oxygen atoms in total. The summed E-state index contributed by atoms with van der Waals surface area (Å²) in [7, 11) is 1.59. The molecule has 172 valence electrons. The van der Waals surface area contributed by atoms with Gasteiger partial charge in [0.2, 0.25) is 0 Å². The summed E-state index contributed by atoms with van der Waals surface area (Å²) in [6.45, 7) is 3.77. The van der Waals surface area contributed by atoms with Gasteiger partial charge in [-0.2, -0.15) is 0 Å². The van der Waals surface area contributed by atoms with Crippen LogP contribution in [0.15, 0.2) is 75.8 Å². The molecule has 2 aromatic carbocycles. The minimum atomic E-state index is -0.647. The van der Waals surface area contributed by atoms with E-state index in [0.717, 1.165) is 22.0 Å². The summed E-state index contributed by atoms with van der Waals surface area (Å²) >= 11 is 1.31. The van der Waals surface area contributed by atoms with Gasteiger partial charge < -0.3 is 14.5 Å². The van der Waals surface area contributed by atoms with E-state index in [1.807, 2.05) is 60.8 Å². The minimum absolute atomic E-state index is 0.204. The van der Waals surface area contributed by atoms with Gasteiger partial charge in [-0.15, -0.1) is 0 Å². The number of hydrogen-bond donors (Lipinski definition) is 1. The lowest BCUT2D eigenvalue weighted by Crippen LogP contribution is -2.39. The summed E-state index contributed by atoms with van der Waals surface area (Å²) in [5.41, 5.74) is 3.39. The van der Waals surface area contributed by atoms with Crippen LogP contribution in [-0.4, -0.2) is 29.2 Å². The molecule has 0 spiro atoms. The molecule has 0 radical (unpaired) electrons. The number of methoxy groups -OCH3 is 1. The number of carbonyl (C=O) groups excluding carboxylic acids is 1. The number of H-pyrrole nitrogens is 1. The molecule has 0 unspecified atom stereocenters. The van der Waals surface area contributed by atoms with Gasteiger partial charge in [-0.05, 0) is 43.7 Å². The molecular weight excluding hydrogens is 450 g/mol. The van der Waals surface area contributed by atoms with Crippen LogP contribution >= 0.6 is 11.3 Å². The Bertz CT molecular complexity index is 1610. The number of rotatable bonds is 5. The van der Waals surface area contributed by atoms with E-state index in [2.05, 4.69) is 9.98 Å². The molecule has 1 atom stereocenters. The fourth-order valence-electron chi connectivity index (χ4n) is 4.25. The van der Waals surface area contributed by atoms with E-state index in [9.17, 15) is 9.59 Å². The highest BCUT2D eigenvalue weighted by molar-refractivity contribution is 7.07. The second-order valence-electron chi connectivity index (χ2n) is 7.87. The number of allylic oxidation sites excluding steroid dienone is 1. The molecule has 0 aliphatic carbocycles. The normalized spacial score (nSPS) is 15.9. The van der Waals surface area contributed by atoms with Crippen molar-refractivity contribution >= 4 is 34.3 Å². The van der Waals surface area contributed by atoms with Crippen LogP contribution in [0.4, 0.5) is 0 Å². The predicted octanol–water partition coefficient (Wildman–Crippen LogP) is 3.29. The van der Waals surface area contributed by atoms with Crippen LogP contribution in [-0.2, 0) is 9.53 Å². The van der Waals surface area contributed by atoms with Crippen LogP contribution in [0, 0.1) is 0 Å². The Kier molecular flexibility index (Phi) is 5.67. The number of carbonyl (C=O) groups is 1. The number of nitrogens with one attached hydrogen (secondary N) is 1. The molecule has 3 heterocycles. The number of benzene rings is 2. The van der Waals surface area contributed by atoms with Crippen LogP contribution in [0.1, 0.15) is 31.0 Å². The van der Waals surface area contributed by atoms with Gasteiger partial charge in [0.05, 0.1) is 35.6 Å². The zero-order valence-corrected chi connectivity index (χ0v) is 19.8. The third-order valence-electron chi connectivity index (χ3n) is 5.86. The summed E-state index contributed by atoms with van der Waals surface area (Å²) in [5, 5.41) is 1.03. The molecule has 2 aromatic heterocycles. The van der Waals surface area contributed by atoms with E-state index in [0.29, 0.717) is 26.4 Å². The van der Waals surface area contributed by atoms with Crippen molar-refractivity contribution < 1.29 is 14.3 Å². The van der Waals surface area contributed by atoms with Crippen molar-refractivity contribution in [3.8, 4) is 5.75 Å². The molecule has 0 saturated carbocycles. The van der Waals surface area contributed by atoms with Crippen molar-refractivity contribution in [3.05, 3.63) is 96.8 Å². The number of fused-ring (bicyclic) bond motifs is 2. The van der Waals surface area contributed by atoms with Crippen molar-refractivity contribution in [1.29, 1.82) is 0 Å². The van der Waals surface area contributed by atoms with Crippen molar-refractivity contribution in [2.45, 2.75) is 19.9 Å². The van der Waals surface area contributed by atoms with E-state index >= 15 is 0 Å². The van der Waals surface area contributed by atoms with Crippen LogP contribution in [0.2, 0.25) is 0 Å². The maximum Gasteiger partial charge on any atom is 0.338 e. The third kappa shape index (κ3) is 3.66. The van der Waals surface area contributed by atoms with Crippen LogP contribution in [0.3, 0.4) is 0 Å². The molecule has 0 fully saturated rings. The van der Waals surface area contributed by atoms with Crippen LogP contribution in [0.5, 0.6) is 5.75 Å². The maximum absolute atomic E-state index is 13.7. The molecule has 1 aliphatic heterocycles. The average Bonchev–Trinajstić information content (AvgIpc) is 3.39. The largest absolute Gasteiger partial charge is 0.497 e. The molecule has 0 amide bonds. The van der Waals surface area contributed by atoms with Crippen molar-refractivity contribution in [2.75, 3.05) is 13.7 Å². The minimum Gasteiger partial charge on any atom is -0.497 e. The number of hydrogen-bond acceptors (Lipinski definition) is 6. The van der Waals surface area contributed by atoms with E-state index in [1.165, 1.54) is 11.3 Å². The molecule has 5 rings (SSSR count). The molecular formula is C26H23N3O4S. The van der Waals surface area contributed by atoms with E-state index < -0.39 is 12.0 Å². The topological polar surface area (TPSA) is 85.7 Å². The molecule has 1 N–H and O–H groups in total. The SMILES string of the molecule is CCOC(=O)C1=C(C)N=c2s/c(=C\c3c[nH]c4ccccc34)c(=O)n2[C@H]1c1ccc(OC)cc1. The van der Waals surface area contributed by atoms with Crippen molar-refractivity contribution in [1.82, 2.24) is 9.55 Å². The Morgan fingerprint density at radius 2 is 1.97 bits per heavy atom. The highest BCUT2D eigenvalue weighted by Gasteiger charge is 2.33. The average molecular weight is 474 g/mol. The zero-order valence-electron chi connectivity index (χ0n) is 19.0. The lowest BCUT2D eigenvalue weighted by Gasteiger charge is -2.24. The number of aromatic nitrogens is 2. The monoisotopic (exact) mass is 473 g/mol. The number of aromatic amines is 1. The number of nitrogens with zero attached hydrogens (tertiary/aromatic N) is 2. The Labute approximate surface area is 199 Å². The first kappa shape index (κ1) is 21.9. The number of ether oxygens (including phenoxy) is 2. The molecule has 1 aliphatic rings. The molecule has 8 heteroatoms. The summed E-state index contributed by atoms with van der Waals surface area (Å²) in [6.07, 6.45) is 3.76. The summed E-state index contributed by atoms with van der Waals surface area (Å²) < 4.78 is 12.8. The number of esters is 1. The highest BCUT2D eigenvalue weighted by atomic mass is 32.1. The van der Waals surface area contributed by atoms with Gasteiger partial charge in [0.1, 0.15) is 5.75 Å². The number of para-hydroxylation sites is 1. The Morgan fingerprint density at radius 1 is 1.21 bits per heavy atom. The van der Waals surface area contributed by atoms with Crippen LogP contribution < -0.4 is 19.6 Å². The Morgan fingerprint density at radius 3 is 2.71 bits per heavy atom. The summed E-state index contributed by atoms with van der Waals surface area (Å²) in [5.74, 6) is 0.212. The van der Waals surface area contributed by atoms with Crippen molar-refractivity contribution in [3.63, 3.8) is 0 Å². The predicted molar refractivity (Wildman–Crippen MR) is 132 cm³/mol. The van der Waals surface area contributed by atoms with Gasteiger partial charge in [0, 0.05) is 22.7 Å². The lowest BCUT2D eigenvalue weighted by atomic mass is 9.96. The summed E-state index contributed by atoms with van der Waals surface area (Å²) in [6, 6.07) is 14.6. The van der Waals surface area contributed by atoms with E-state index in [-0.39, 0.29) is 12.2 Å². The van der Waals surface area contributed by atoms with Gasteiger partial charge in [0.25, 0.3) is 5.56 Å². The fourth-order valence-corrected chi connectivity index (χ4v) is 5.29. The first-order valence-electron chi connectivity index (χ1n) is 10.9. The highest BCUT2D eigenvalue weighted by Crippen LogP contribution is 2.31. The maximum atomic E-state index is 13.7. The zero-order chi connectivity index (χ0) is 23.8. The standard InChI is InChI=1S/C26H23N3O4S/c1-4-33-25(31)22-15(2)28-26-29(23(22)16-9-11-18(32-3)12-10-16)24(30)21(34-26)13-17-14-27-20-8-6-5-7-19(17)20/h5-14,23,27H,4H2,1-3H3/b21-13-/t23-/m0/s1. The first-order chi connectivity index (χ1) is 16.5. The van der Waals surface area contributed by atoms with Gasteiger partial charge in [-0.25, -0.2) is 9.79 Å². The molecule has 0 saturated heterocycles. The Balaban J connectivity index is 1.73. The molecule has 34 heavy (non-hydrogen) atoms. The second kappa shape index (κ2) is 8.79. The molecule has 0 bridgehead atoms. The van der Waals surface area contributed by atoms with Gasteiger partial charge in [-0.1, -0.05) is 41.7 Å². The molecule has 4 aromatic rings. The van der Waals surface area contributed by atoms with E-state index in [1.54, 1.807) is 25.5 Å². The van der Waals surface area contributed by atoms with Gasteiger partial charge in [-0.3, -0.25) is 9.36 Å². The number of thiazole rings is 1. The lowest BCUT2D eigenvalue weighted by molar-refractivity contribution is -0.139.